The molecular formula is C16H26N2O2. The molecule has 1 aliphatic rings. The van der Waals surface area contributed by atoms with Crippen molar-refractivity contribution in [2.24, 2.45) is 5.73 Å². The molecule has 0 saturated carbocycles. The Kier molecular flexibility index (Phi) is 5.40. The summed E-state index contributed by atoms with van der Waals surface area (Å²) in [6.07, 6.45) is 2.38. The molecule has 0 bridgehead atoms. The number of methoxy groups -OCH3 is 2. The van der Waals surface area contributed by atoms with Gasteiger partial charge in [-0.15, -0.1) is 0 Å². The lowest BCUT2D eigenvalue weighted by molar-refractivity contribution is 0.0971. The van der Waals surface area contributed by atoms with Crippen LogP contribution >= 0.6 is 0 Å². The summed E-state index contributed by atoms with van der Waals surface area (Å²) in [5, 5.41) is 0. The van der Waals surface area contributed by atoms with Gasteiger partial charge >= 0.3 is 0 Å². The molecular weight excluding hydrogens is 252 g/mol. The van der Waals surface area contributed by atoms with Crippen molar-refractivity contribution in [3.05, 3.63) is 29.8 Å². The first-order valence-corrected chi connectivity index (χ1v) is 7.36. The molecule has 0 spiro atoms. The van der Waals surface area contributed by atoms with Gasteiger partial charge < -0.3 is 15.2 Å². The predicted octanol–water partition coefficient (Wildman–Crippen LogP) is 2.19. The molecule has 0 aromatic heterocycles. The van der Waals surface area contributed by atoms with Crippen molar-refractivity contribution < 1.29 is 9.47 Å². The van der Waals surface area contributed by atoms with E-state index in [0.717, 1.165) is 31.7 Å². The number of ether oxygens (including phenoxy) is 2. The standard InChI is InChI=1S/C16H26N2O2/c1-4-15(17)16(18-10-9-14(11-18)20-3)12-5-7-13(19-2)8-6-12/h5-8,14-16H,4,9-11,17H2,1-3H3. The van der Waals surface area contributed by atoms with E-state index in [-0.39, 0.29) is 12.1 Å². The van der Waals surface area contributed by atoms with Crippen LogP contribution in [-0.4, -0.2) is 44.4 Å². The molecule has 2 N–H and O–H groups in total. The van der Waals surface area contributed by atoms with Crippen molar-refractivity contribution in [1.29, 1.82) is 0 Å². The third kappa shape index (κ3) is 3.32. The largest absolute Gasteiger partial charge is 0.497 e. The van der Waals surface area contributed by atoms with Gasteiger partial charge in [-0.1, -0.05) is 19.1 Å². The Morgan fingerprint density at radius 3 is 2.50 bits per heavy atom. The molecule has 4 nitrogen and oxygen atoms in total. The summed E-state index contributed by atoms with van der Waals surface area (Å²) >= 11 is 0. The van der Waals surface area contributed by atoms with E-state index >= 15 is 0 Å². The summed E-state index contributed by atoms with van der Waals surface area (Å²) < 4.78 is 10.7. The predicted molar refractivity (Wildman–Crippen MR) is 81.0 cm³/mol. The maximum Gasteiger partial charge on any atom is 0.118 e. The van der Waals surface area contributed by atoms with Gasteiger partial charge in [0.15, 0.2) is 0 Å². The Hall–Kier alpha value is -1.10. The SMILES string of the molecule is CCC(N)C(c1ccc(OC)cc1)N1CCC(OC)C1. The van der Waals surface area contributed by atoms with Crippen LogP contribution in [0.5, 0.6) is 5.75 Å². The van der Waals surface area contributed by atoms with E-state index in [4.69, 9.17) is 15.2 Å². The number of hydrogen-bond acceptors (Lipinski definition) is 4. The Morgan fingerprint density at radius 1 is 1.30 bits per heavy atom. The van der Waals surface area contributed by atoms with Crippen LogP contribution in [0.3, 0.4) is 0 Å². The number of nitrogens with two attached hydrogens (primary N) is 1. The number of hydrogen-bond donors (Lipinski definition) is 1. The molecule has 2 rings (SSSR count). The Bertz CT molecular complexity index is 407. The van der Waals surface area contributed by atoms with Crippen molar-refractivity contribution in [3.63, 3.8) is 0 Å². The van der Waals surface area contributed by atoms with Gasteiger partial charge in [-0.2, -0.15) is 0 Å². The molecule has 1 saturated heterocycles. The molecule has 1 aromatic rings. The minimum atomic E-state index is 0.138. The van der Waals surface area contributed by atoms with Crippen LogP contribution in [0.4, 0.5) is 0 Å². The van der Waals surface area contributed by atoms with E-state index in [1.165, 1.54) is 5.56 Å². The van der Waals surface area contributed by atoms with E-state index in [0.29, 0.717) is 6.10 Å². The van der Waals surface area contributed by atoms with Crippen LogP contribution in [0.25, 0.3) is 0 Å². The number of likely N-dealkylation sites (tertiary alicyclic amines) is 1. The van der Waals surface area contributed by atoms with E-state index < -0.39 is 0 Å². The summed E-state index contributed by atoms with van der Waals surface area (Å²) in [6, 6.07) is 8.66. The summed E-state index contributed by atoms with van der Waals surface area (Å²) in [6.45, 7) is 4.15. The second-order valence-electron chi connectivity index (χ2n) is 5.43. The number of nitrogens with zero attached hydrogens (tertiary/aromatic N) is 1. The van der Waals surface area contributed by atoms with E-state index in [1.807, 2.05) is 12.1 Å². The third-order valence-corrected chi connectivity index (χ3v) is 4.24. The Morgan fingerprint density at radius 2 is 2.00 bits per heavy atom. The van der Waals surface area contributed by atoms with Gasteiger partial charge in [-0.05, 0) is 30.5 Å². The quantitative estimate of drug-likeness (QED) is 0.866. The molecule has 1 aromatic carbocycles. The van der Waals surface area contributed by atoms with Crippen LogP contribution in [0.1, 0.15) is 31.4 Å². The van der Waals surface area contributed by atoms with Crippen molar-refractivity contribution in [3.8, 4) is 5.75 Å². The van der Waals surface area contributed by atoms with Crippen LogP contribution in [0.15, 0.2) is 24.3 Å². The minimum absolute atomic E-state index is 0.138. The highest BCUT2D eigenvalue weighted by atomic mass is 16.5. The van der Waals surface area contributed by atoms with E-state index in [9.17, 15) is 0 Å². The van der Waals surface area contributed by atoms with Gasteiger partial charge in [0.25, 0.3) is 0 Å². The molecule has 0 aliphatic carbocycles. The zero-order chi connectivity index (χ0) is 14.5. The second kappa shape index (κ2) is 7.07. The second-order valence-corrected chi connectivity index (χ2v) is 5.43. The molecule has 3 atom stereocenters. The lowest BCUT2D eigenvalue weighted by Crippen LogP contribution is -2.40. The lowest BCUT2D eigenvalue weighted by Gasteiger charge is -2.32. The molecule has 1 fully saturated rings. The Labute approximate surface area is 121 Å². The average molecular weight is 278 g/mol. The van der Waals surface area contributed by atoms with E-state index in [2.05, 4.69) is 24.0 Å². The zero-order valence-corrected chi connectivity index (χ0v) is 12.7. The van der Waals surface area contributed by atoms with Crippen molar-refractivity contribution in [2.45, 2.75) is 38.0 Å². The fourth-order valence-corrected chi connectivity index (χ4v) is 2.95. The first-order chi connectivity index (χ1) is 9.69. The normalized spacial score (nSPS) is 22.7. The maximum atomic E-state index is 6.37. The first-order valence-electron chi connectivity index (χ1n) is 7.36. The van der Waals surface area contributed by atoms with Crippen molar-refractivity contribution >= 4 is 0 Å². The van der Waals surface area contributed by atoms with Gasteiger partial charge in [0.2, 0.25) is 0 Å². The van der Waals surface area contributed by atoms with Gasteiger partial charge in [0.05, 0.1) is 13.2 Å². The maximum absolute atomic E-state index is 6.37. The van der Waals surface area contributed by atoms with Crippen LogP contribution in [0.2, 0.25) is 0 Å². The average Bonchev–Trinajstić information content (AvgIpc) is 2.96. The molecule has 112 valence electrons. The highest BCUT2D eigenvalue weighted by Crippen LogP contribution is 2.30. The lowest BCUT2D eigenvalue weighted by atomic mass is 9.96. The third-order valence-electron chi connectivity index (χ3n) is 4.24. The Balaban J connectivity index is 2.18. The van der Waals surface area contributed by atoms with E-state index in [1.54, 1.807) is 14.2 Å². The van der Waals surface area contributed by atoms with Gasteiger partial charge in [0, 0.05) is 32.3 Å². The van der Waals surface area contributed by atoms with Crippen LogP contribution in [-0.2, 0) is 4.74 Å². The summed E-state index contributed by atoms with van der Waals surface area (Å²) in [7, 11) is 3.48. The van der Waals surface area contributed by atoms with Crippen molar-refractivity contribution in [1.82, 2.24) is 4.90 Å². The number of rotatable bonds is 6. The first kappa shape index (κ1) is 15.3. The summed E-state index contributed by atoms with van der Waals surface area (Å²) in [5.74, 6) is 0.883. The highest BCUT2D eigenvalue weighted by molar-refractivity contribution is 5.30. The minimum Gasteiger partial charge on any atom is -0.497 e. The molecule has 0 radical (unpaired) electrons. The fraction of sp³-hybridized carbons (Fsp3) is 0.625. The highest BCUT2D eigenvalue weighted by Gasteiger charge is 2.32. The zero-order valence-electron chi connectivity index (χ0n) is 12.7. The topological polar surface area (TPSA) is 47.7 Å². The van der Waals surface area contributed by atoms with Crippen LogP contribution in [0, 0.1) is 0 Å². The van der Waals surface area contributed by atoms with Crippen LogP contribution < -0.4 is 10.5 Å². The molecule has 4 heteroatoms. The molecule has 3 unspecified atom stereocenters. The van der Waals surface area contributed by atoms with Gasteiger partial charge in [0.1, 0.15) is 5.75 Å². The molecule has 1 heterocycles. The molecule has 1 aliphatic heterocycles. The van der Waals surface area contributed by atoms with Gasteiger partial charge in [-0.25, -0.2) is 0 Å². The van der Waals surface area contributed by atoms with Gasteiger partial charge in [-0.3, -0.25) is 4.90 Å². The monoisotopic (exact) mass is 278 g/mol. The summed E-state index contributed by atoms with van der Waals surface area (Å²) in [4.78, 5) is 2.45. The van der Waals surface area contributed by atoms with Crippen molar-refractivity contribution in [2.75, 3.05) is 27.3 Å². The smallest absolute Gasteiger partial charge is 0.118 e. The molecule has 0 amide bonds. The number of benzene rings is 1. The fourth-order valence-electron chi connectivity index (χ4n) is 2.95. The summed E-state index contributed by atoms with van der Waals surface area (Å²) in [5.41, 5.74) is 7.63. The molecule has 20 heavy (non-hydrogen) atoms.